The summed E-state index contributed by atoms with van der Waals surface area (Å²) >= 11 is 15.0. The summed E-state index contributed by atoms with van der Waals surface area (Å²) in [5, 5.41) is 20.6. The molecular weight excluding hydrogens is 616 g/mol. The van der Waals surface area contributed by atoms with E-state index in [4.69, 9.17) is 33.0 Å². The third-order valence-corrected chi connectivity index (χ3v) is 9.20. The van der Waals surface area contributed by atoms with Gasteiger partial charge in [-0.15, -0.1) is 11.3 Å². The monoisotopic (exact) mass is 641 g/mol. The highest BCUT2D eigenvalue weighted by Crippen LogP contribution is 2.40. The van der Waals surface area contributed by atoms with Crippen LogP contribution < -0.4 is 10.2 Å². The lowest BCUT2D eigenvalue weighted by Gasteiger charge is -2.33. The SMILES string of the molecule is O=C(Nc1nccs1)C(c1ncn2c1C[C@@H](F)C2)n1cc2c(Cl)cc(-c3ccc(N4CCOC(CO)C4)cc3)c(Cl)c2n1. The number of nitrogens with zero attached hydrogens (tertiary/aromatic N) is 6. The highest BCUT2D eigenvalue weighted by molar-refractivity contribution is 7.13. The van der Waals surface area contributed by atoms with Crippen LogP contribution in [0.25, 0.3) is 22.0 Å². The van der Waals surface area contributed by atoms with Gasteiger partial charge in [0.05, 0.1) is 47.9 Å². The van der Waals surface area contributed by atoms with Gasteiger partial charge in [-0.2, -0.15) is 5.10 Å². The highest BCUT2D eigenvalue weighted by atomic mass is 35.5. The summed E-state index contributed by atoms with van der Waals surface area (Å²) in [4.78, 5) is 24.5. The number of anilines is 2. The number of carbonyl (C=O) groups is 1. The first-order valence-electron chi connectivity index (χ1n) is 13.7. The number of ether oxygens (including phenoxy) is 1. The van der Waals surface area contributed by atoms with Crippen molar-refractivity contribution in [2.45, 2.75) is 31.3 Å². The lowest BCUT2D eigenvalue weighted by atomic mass is 10.0. The van der Waals surface area contributed by atoms with Crippen molar-refractivity contribution >= 4 is 62.2 Å². The van der Waals surface area contributed by atoms with Crippen LogP contribution in [0, 0.1) is 0 Å². The quantitative estimate of drug-likeness (QED) is 0.258. The van der Waals surface area contributed by atoms with Crippen molar-refractivity contribution in [1.29, 1.82) is 0 Å². The normalized spacial score (nSPS) is 19.1. The molecule has 0 radical (unpaired) electrons. The number of rotatable bonds is 7. The van der Waals surface area contributed by atoms with Gasteiger partial charge in [0.15, 0.2) is 11.2 Å². The molecule has 1 amide bonds. The van der Waals surface area contributed by atoms with E-state index in [9.17, 15) is 14.3 Å². The number of halogens is 3. The molecule has 3 aromatic heterocycles. The zero-order valence-electron chi connectivity index (χ0n) is 22.7. The molecule has 5 heterocycles. The van der Waals surface area contributed by atoms with Gasteiger partial charge in [-0.3, -0.25) is 14.8 Å². The molecule has 14 heteroatoms. The number of morpholine rings is 1. The summed E-state index contributed by atoms with van der Waals surface area (Å²) in [6.07, 6.45) is 3.72. The minimum atomic E-state index is -1.05. The summed E-state index contributed by atoms with van der Waals surface area (Å²) in [5.74, 6) is -0.416. The van der Waals surface area contributed by atoms with Crippen molar-refractivity contribution in [1.82, 2.24) is 24.3 Å². The number of thiazole rings is 1. The number of nitrogens with one attached hydrogen (secondary N) is 1. The maximum absolute atomic E-state index is 14.3. The van der Waals surface area contributed by atoms with Crippen molar-refractivity contribution in [3.8, 4) is 11.1 Å². The molecule has 2 N–H and O–H groups in total. The number of hydrogen-bond donors (Lipinski definition) is 2. The van der Waals surface area contributed by atoms with Gasteiger partial charge in [-0.05, 0) is 23.8 Å². The van der Waals surface area contributed by atoms with Gasteiger partial charge in [-0.1, -0.05) is 35.3 Å². The smallest absolute Gasteiger partial charge is 0.257 e. The summed E-state index contributed by atoms with van der Waals surface area (Å²) < 4.78 is 23.1. The van der Waals surface area contributed by atoms with Gasteiger partial charge in [0.25, 0.3) is 5.91 Å². The molecular formula is C29H26Cl2FN7O3S. The van der Waals surface area contributed by atoms with E-state index < -0.39 is 18.1 Å². The Morgan fingerprint density at radius 2 is 2.07 bits per heavy atom. The number of aromatic nitrogens is 5. The first-order valence-corrected chi connectivity index (χ1v) is 15.4. The fraction of sp³-hybridized carbons (Fsp3) is 0.310. The average Bonchev–Trinajstić information content (AvgIpc) is 3.82. The van der Waals surface area contributed by atoms with Crippen LogP contribution in [0.2, 0.25) is 10.0 Å². The van der Waals surface area contributed by atoms with Crippen LogP contribution in [0.1, 0.15) is 17.4 Å². The van der Waals surface area contributed by atoms with Gasteiger partial charge >= 0.3 is 0 Å². The van der Waals surface area contributed by atoms with Crippen LogP contribution in [0.15, 0.2) is 54.4 Å². The van der Waals surface area contributed by atoms with Gasteiger partial charge in [0.2, 0.25) is 0 Å². The Morgan fingerprint density at radius 1 is 1.23 bits per heavy atom. The van der Waals surface area contributed by atoms with Gasteiger partial charge in [-0.25, -0.2) is 14.4 Å². The van der Waals surface area contributed by atoms with E-state index in [0.717, 1.165) is 17.8 Å². The number of carbonyl (C=O) groups excluding carboxylic acids is 1. The van der Waals surface area contributed by atoms with Crippen molar-refractivity contribution in [2.24, 2.45) is 0 Å². The Labute approximate surface area is 259 Å². The molecule has 7 rings (SSSR count). The Bertz CT molecular complexity index is 1790. The zero-order chi connectivity index (χ0) is 29.7. The Hall–Kier alpha value is -3.55. The number of alkyl halides is 1. The molecule has 10 nitrogen and oxygen atoms in total. The van der Waals surface area contributed by atoms with Crippen molar-refractivity contribution in [2.75, 3.05) is 36.5 Å². The first kappa shape index (κ1) is 28.2. The Morgan fingerprint density at radius 3 is 2.84 bits per heavy atom. The molecule has 43 heavy (non-hydrogen) atoms. The molecule has 1 fully saturated rings. The molecule has 222 valence electrons. The van der Waals surface area contributed by atoms with Crippen LogP contribution in [0.4, 0.5) is 15.2 Å². The number of imidazole rings is 1. The second kappa shape index (κ2) is 11.5. The lowest BCUT2D eigenvalue weighted by Crippen LogP contribution is -2.44. The molecule has 0 spiro atoms. The van der Waals surface area contributed by atoms with E-state index in [0.29, 0.717) is 56.2 Å². The summed E-state index contributed by atoms with van der Waals surface area (Å²) in [6.45, 7) is 2.05. The second-order valence-corrected chi connectivity index (χ2v) is 12.2. The van der Waals surface area contributed by atoms with Crippen LogP contribution in [-0.2, 0) is 22.5 Å². The predicted molar refractivity (Wildman–Crippen MR) is 164 cm³/mol. The molecule has 2 aliphatic rings. The van der Waals surface area contributed by atoms with Crippen molar-refractivity contribution in [3.63, 3.8) is 0 Å². The molecule has 2 unspecified atom stereocenters. The lowest BCUT2D eigenvalue weighted by molar-refractivity contribution is -0.118. The van der Waals surface area contributed by atoms with Crippen molar-refractivity contribution < 1.29 is 19.0 Å². The molecule has 2 aromatic carbocycles. The number of amides is 1. The molecule has 0 aliphatic carbocycles. The molecule has 2 aliphatic heterocycles. The molecule has 0 saturated carbocycles. The average molecular weight is 643 g/mol. The third-order valence-electron chi connectivity index (χ3n) is 7.81. The van der Waals surface area contributed by atoms with Gasteiger partial charge in [0.1, 0.15) is 11.7 Å². The fourth-order valence-electron chi connectivity index (χ4n) is 5.73. The minimum absolute atomic E-state index is 0.0254. The van der Waals surface area contributed by atoms with E-state index in [1.807, 2.05) is 24.3 Å². The molecule has 0 bridgehead atoms. The van der Waals surface area contributed by atoms with Gasteiger partial charge < -0.3 is 19.3 Å². The fourth-order valence-corrected chi connectivity index (χ4v) is 6.81. The Balaban J connectivity index is 1.25. The predicted octanol–water partition coefficient (Wildman–Crippen LogP) is 4.98. The topological polar surface area (TPSA) is 110 Å². The largest absolute Gasteiger partial charge is 0.394 e. The summed E-state index contributed by atoms with van der Waals surface area (Å²) in [5.41, 5.74) is 4.04. The third kappa shape index (κ3) is 5.27. The number of benzene rings is 2. The maximum atomic E-state index is 14.3. The van der Waals surface area contributed by atoms with Crippen molar-refractivity contribution in [3.05, 3.63) is 75.9 Å². The van der Waals surface area contributed by atoms with Gasteiger partial charge in [0, 0.05) is 59.6 Å². The molecule has 1 saturated heterocycles. The van der Waals surface area contributed by atoms with E-state index in [1.54, 1.807) is 34.7 Å². The van der Waals surface area contributed by atoms with Crippen LogP contribution >= 0.6 is 34.5 Å². The zero-order valence-corrected chi connectivity index (χ0v) is 25.0. The number of hydrogen-bond acceptors (Lipinski definition) is 8. The van der Waals surface area contributed by atoms with E-state index >= 15 is 0 Å². The summed E-state index contributed by atoms with van der Waals surface area (Å²) in [6, 6.07) is 8.70. The van der Waals surface area contributed by atoms with Crippen LogP contribution in [0.3, 0.4) is 0 Å². The number of aliphatic hydroxyl groups is 1. The molecule has 5 aromatic rings. The van der Waals surface area contributed by atoms with Crippen LogP contribution in [0.5, 0.6) is 0 Å². The second-order valence-electron chi connectivity index (χ2n) is 10.5. The maximum Gasteiger partial charge on any atom is 0.257 e. The number of aliphatic hydroxyl groups excluding tert-OH is 1. The Kier molecular flexibility index (Phi) is 7.56. The standard InChI is InChI=1S/C29H26Cl2FN7O3S/c30-22-10-20(16-1-3-18(4-2-16)37-6-7-42-19(12-37)14-40)24(31)25-21(22)13-39(36-25)27(28(41)35-29-33-5-8-43-29)26-23-9-17(32)11-38(23)15-34-26/h1-5,8,10,13,15,17,19,27,40H,6-7,9,11-12,14H2,(H,33,35,41)/t17-,19?,27?/m1/s1. The van der Waals surface area contributed by atoms with E-state index in [1.165, 1.54) is 16.0 Å². The van der Waals surface area contributed by atoms with Crippen LogP contribution in [-0.4, -0.2) is 73.9 Å². The highest BCUT2D eigenvalue weighted by Gasteiger charge is 2.34. The molecule has 3 atom stereocenters. The minimum Gasteiger partial charge on any atom is -0.394 e. The van der Waals surface area contributed by atoms with E-state index in [2.05, 4.69) is 20.2 Å². The van der Waals surface area contributed by atoms with E-state index in [-0.39, 0.29) is 25.7 Å². The number of fused-ring (bicyclic) bond motifs is 2. The summed E-state index contributed by atoms with van der Waals surface area (Å²) in [7, 11) is 0. The first-order chi connectivity index (χ1) is 20.9.